The van der Waals surface area contributed by atoms with Crippen molar-refractivity contribution < 1.29 is 4.74 Å². The van der Waals surface area contributed by atoms with Gasteiger partial charge in [-0.05, 0) is 37.1 Å². The Morgan fingerprint density at radius 1 is 1.22 bits per heavy atom. The minimum atomic E-state index is 0.356. The van der Waals surface area contributed by atoms with Crippen LogP contribution >= 0.6 is 0 Å². The molecule has 2 aliphatic heterocycles. The highest BCUT2D eigenvalue weighted by molar-refractivity contribution is 5.73. The van der Waals surface area contributed by atoms with Gasteiger partial charge >= 0.3 is 0 Å². The summed E-state index contributed by atoms with van der Waals surface area (Å²) in [5, 5.41) is 7.50. The minimum absolute atomic E-state index is 0.356. The zero-order chi connectivity index (χ0) is 18.6. The van der Waals surface area contributed by atoms with E-state index in [1.807, 2.05) is 0 Å². The predicted molar refractivity (Wildman–Crippen MR) is 112 cm³/mol. The molecule has 0 radical (unpaired) electrons. The third-order valence-electron chi connectivity index (χ3n) is 5.69. The summed E-state index contributed by atoms with van der Waals surface area (Å²) in [5.74, 6) is 0.959. The van der Waals surface area contributed by atoms with Crippen LogP contribution in [0.15, 0.2) is 48.5 Å². The first-order chi connectivity index (χ1) is 13.3. The van der Waals surface area contributed by atoms with E-state index in [2.05, 4.69) is 77.2 Å². The summed E-state index contributed by atoms with van der Waals surface area (Å²) in [6.07, 6.45) is 6.77. The highest BCUT2D eigenvalue weighted by Crippen LogP contribution is 2.33. The molecule has 2 heterocycles. The van der Waals surface area contributed by atoms with E-state index >= 15 is 0 Å². The van der Waals surface area contributed by atoms with E-state index in [-0.39, 0.29) is 0 Å². The van der Waals surface area contributed by atoms with E-state index in [0.717, 1.165) is 25.4 Å². The van der Waals surface area contributed by atoms with Crippen LogP contribution in [-0.2, 0) is 6.54 Å². The molecule has 0 aromatic heterocycles. The number of fused-ring (bicyclic) bond motifs is 1. The molecule has 4 nitrogen and oxygen atoms in total. The number of anilines is 1. The van der Waals surface area contributed by atoms with Crippen LogP contribution in [0.3, 0.4) is 0 Å². The van der Waals surface area contributed by atoms with Crippen LogP contribution in [0.5, 0.6) is 5.75 Å². The summed E-state index contributed by atoms with van der Waals surface area (Å²) >= 11 is 0. The lowest BCUT2D eigenvalue weighted by Crippen LogP contribution is -2.45. The number of benzene rings is 2. The van der Waals surface area contributed by atoms with Gasteiger partial charge in [0.25, 0.3) is 0 Å². The van der Waals surface area contributed by atoms with Crippen molar-refractivity contribution >= 4 is 11.8 Å². The molecule has 1 saturated heterocycles. The zero-order valence-electron chi connectivity index (χ0n) is 16.2. The van der Waals surface area contributed by atoms with E-state index < -0.39 is 0 Å². The van der Waals surface area contributed by atoms with Crippen molar-refractivity contribution in [1.29, 1.82) is 0 Å². The van der Waals surface area contributed by atoms with Gasteiger partial charge < -0.3 is 20.3 Å². The number of nitrogens with one attached hydrogen (secondary N) is 2. The van der Waals surface area contributed by atoms with Gasteiger partial charge in [0.05, 0.1) is 7.11 Å². The molecule has 4 rings (SSSR count). The summed E-state index contributed by atoms with van der Waals surface area (Å²) in [7, 11) is 3.90. The average molecular weight is 364 g/mol. The molecule has 4 heteroatoms. The third kappa shape index (κ3) is 3.87. The summed E-state index contributed by atoms with van der Waals surface area (Å²) < 4.78 is 5.69. The lowest BCUT2D eigenvalue weighted by atomic mass is 9.92. The number of hydrogen-bond acceptors (Lipinski definition) is 4. The Kier molecular flexibility index (Phi) is 5.46. The van der Waals surface area contributed by atoms with E-state index in [9.17, 15) is 0 Å². The Labute approximate surface area is 162 Å². The van der Waals surface area contributed by atoms with Crippen LogP contribution in [0.1, 0.15) is 35.6 Å². The molecule has 2 unspecified atom stereocenters. The molecule has 2 N–H and O–H groups in total. The SMILES string of the molecule is COc1cc2c(cc1CNC1CCCNC1c1ccccc1)N(C)CC=C2. The largest absolute Gasteiger partial charge is 0.496 e. The highest BCUT2D eigenvalue weighted by atomic mass is 16.5. The first-order valence-corrected chi connectivity index (χ1v) is 9.86. The van der Waals surface area contributed by atoms with Crippen molar-refractivity contribution in [3.63, 3.8) is 0 Å². The lowest BCUT2D eigenvalue weighted by Gasteiger charge is -2.34. The molecule has 0 amide bonds. The molecule has 0 saturated carbocycles. The number of nitrogens with zero attached hydrogens (tertiary/aromatic N) is 1. The predicted octanol–water partition coefficient (Wildman–Crippen LogP) is 3.74. The number of hydrogen-bond donors (Lipinski definition) is 2. The second kappa shape index (κ2) is 8.15. The monoisotopic (exact) mass is 363 g/mol. The normalized spacial score (nSPS) is 21.8. The Balaban J connectivity index is 1.53. The van der Waals surface area contributed by atoms with Crippen molar-refractivity contribution in [2.75, 3.05) is 32.1 Å². The number of ether oxygens (including phenoxy) is 1. The third-order valence-corrected chi connectivity index (χ3v) is 5.69. The van der Waals surface area contributed by atoms with E-state index in [4.69, 9.17) is 4.74 Å². The molecule has 2 aromatic carbocycles. The first kappa shape index (κ1) is 18.1. The molecule has 27 heavy (non-hydrogen) atoms. The van der Waals surface area contributed by atoms with Gasteiger partial charge in [-0.2, -0.15) is 0 Å². The smallest absolute Gasteiger partial charge is 0.124 e. The van der Waals surface area contributed by atoms with E-state index in [0.29, 0.717) is 12.1 Å². The molecule has 2 aliphatic rings. The molecule has 2 aromatic rings. The topological polar surface area (TPSA) is 36.5 Å². The highest BCUT2D eigenvalue weighted by Gasteiger charge is 2.26. The standard InChI is InChI=1S/C23H29N3O/c1-26-13-7-10-18-15-22(27-2)19(14-21(18)26)16-25-20-11-6-12-24-23(20)17-8-4-3-5-9-17/h3-5,7-10,14-15,20,23-25H,6,11-13,16H2,1-2H3. The van der Waals surface area contributed by atoms with Gasteiger partial charge in [-0.1, -0.05) is 42.5 Å². The van der Waals surface area contributed by atoms with Crippen LogP contribution < -0.4 is 20.3 Å². The Bertz CT molecular complexity index is 803. The van der Waals surface area contributed by atoms with Crippen molar-refractivity contribution in [2.24, 2.45) is 0 Å². The van der Waals surface area contributed by atoms with Gasteiger partial charge in [-0.15, -0.1) is 0 Å². The van der Waals surface area contributed by atoms with Crippen LogP contribution in [-0.4, -0.2) is 33.3 Å². The number of likely N-dealkylation sites (N-methyl/N-ethyl adjacent to an activating group) is 1. The van der Waals surface area contributed by atoms with Crippen molar-refractivity contribution in [3.05, 3.63) is 65.2 Å². The Morgan fingerprint density at radius 2 is 2.07 bits per heavy atom. The van der Waals surface area contributed by atoms with E-state index in [1.54, 1.807) is 7.11 Å². The molecular weight excluding hydrogens is 334 g/mol. The molecule has 1 fully saturated rings. The average Bonchev–Trinajstić information content (AvgIpc) is 2.73. The van der Waals surface area contributed by atoms with Gasteiger partial charge in [-0.3, -0.25) is 0 Å². The fraction of sp³-hybridized carbons (Fsp3) is 0.391. The van der Waals surface area contributed by atoms with Gasteiger partial charge in [-0.25, -0.2) is 0 Å². The summed E-state index contributed by atoms with van der Waals surface area (Å²) in [6, 6.07) is 16.0. The molecule has 0 aliphatic carbocycles. The Morgan fingerprint density at radius 3 is 2.89 bits per heavy atom. The van der Waals surface area contributed by atoms with E-state index in [1.165, 1.54) is 35.2 Å². The molecule has 2 atom stereocenters. The maximum absolute atomic E-state index is 5.69. The van der Waals surface area contributed by atoms with Crippen molar-refractivity contribution in [1.82, 2.24) is 10.6 Å². The van der Waals surface area contributed by atoms with Gasteiger partial charge in [0, 0.05) is 49.0 Å². The number of piperidine rings is 1. The molecular formula is C23H29N3O. The van der Waals surface area contributed by atoms with Gasteiger partial charge in [0.1, 0.15) is 5.75 Å². The summed E-state index contributed by atoms with van der Waals surface area (Å²) in [6.45, 7) is 2.84. The van der Waals surface area contributed by atoms with Crippen LogP contribution in [0.25, 0.3) is 6.08 Å². The van der Waals surface area contributed by atoms with Crippen LogP contribution in [0.2, 0.25) is 0 Å². The quantitative estimate of drug-likeness (QED) is 0.848. The van der Waals surface area contributed by atoms with Gasteiger partial charge in [0.2, 0.25) is 0 Å². The fourth-order valence-electron chi connectivity index (χ4n) is 4.22. The second-order valence-electron chi connectivity index (χ2n) is 7.48. The summed E-state index contributed by atoms with van der Waals surface area (Å²) in [5.41, 5.74) is 5.08. The number of methoxy groups -OCH3 is 1. The number of rotatable bonds is 5. The molecule has 142 valence electrons. The fourth-order valence-corrected chi connectivity index (χ4v) is 4.22. The van der Waals surface area contributed by atoms with Crippen molar-refractivity contribution in [2.45, 2.75) is 31.5 Å². The Hall–Kier alpha value is -2.30. The van der Waals surface area contributed by atoms with Crippen LogP contribution in [0, 0.1) is 0 Å². The minimum Gasteiger partial charge on any atom is -0.496 e. The zero-order valence-corrected chi connectivity index (χ0v) is 16.2. The maximum Gasteiger partial charge on any atom is 0.124 e. The summed E-state index contributed by atoms with van der Waals surface area (Å²) in [4.78, 5) is 2.28. The van der Waals surface area contributed by atoms with Crippen LogP contribution in [0.4, 0.5) is 5.69 Å². The van der Waals surface area contributed by atoms with Crippen molar-refractivity contribution in [3.8, 4) is 5.75 Å². The van der Waals surface area contributed by atoms with Gasteiger partial charge in [0.15, 0.2) is 0 Å². The molecule has 0 spiro atoms. The lowest BCUT2D eigenvalue weighted by molar-refractivity contribution is 0.303. The second-order valence-corrected chi connectivity index (χ2v) is 7.48. The maximum atomic E-state index is 5.69. The first-order valence-electron chi connectivity index (χ1n) is 9.86. The molecule has 0 bridgehead atoms.